The Labute approximate surface area is 78.2 Å². The first-order chi connectivity index (χ1) is 5.86. The predicted octanol–water partition coefficient (Wildman–Crippen LogP) is 0.943. The van der Waals surface area contributed by atoms with E-state index in [1.165, 1.54) is 32.4 Å². The molecule has 2 heterocycles. The molecule has 0 aliphatic carbocycles. The Balaban J connectivity index is 1.83. The fraction of sp³-hybridized carbons (Fsp3) is 1.00. The quantitative estimate of drug-likeness (QED) is 0.639. The number of piperidine rings is 1. The molecule has 70 valence electrons. The minimum atomic E-state index is 0.514. The Morgan fingerprint density at radius 3 is 2.50 bits per heavy atom. The van der Waals surface area contributed by atoms with Gasteiger partial charge in [-0.3, -0.25) is 4.90 Å². The number of hydrazine groups is 1. The van der Waals surface area contributed by atoms with Gasteiger partial charge >= 0.3 is 0 Å². The second-order valence-electron chi connectivity index (χ2n) is 3.52. The molecule has 0 saturated carbocycles. The van der Waals surface area contributed by atoms with Crippen LogP contribution < -0.4 is 10.9 Å². The molecule has 2 fully saturated rings. The number of hydrogen-bond acceptors (Lipinski definition) is 4. The van der Waals surface area contributed by atoms with Crippen LogP contribution in [-0.4, -0.2) is 28.9 Å². The third-order valence-electron chi connectivity index (χ3n) is 2.47. The Hall–Kier alpha value is 0.230. The summed E-state index contributed by atoms with van der Waals surface area (Å²) in [4.78, 5) is 2.53. The maximum absolute atomic E-state index is 3.31. The molecule has 0 spiro atoms. The van der Waals surface area contributed by atoms with E-state index in [2.05, 4.69) is 22.7 Å². The van der Waals surface area contributed by atoms with E-state index in [4.69, 9.17) is 0 Å². The van der Waals surface area contributed by atoms with E-state index < -0.39 is 0 Å². The molecule has 0 radical (unpaired) electrons. The second kappa shape index (κ2) is 3.96. The van der Waals surface area contributed by atoms with Crippen molar-refractivity contribution in [1.29, 1.82) is 0 Å². The van der Waals surface area contributed by atoms with Gasteiger partial charge in [0.05, 0.1) is 5.37 Å². The molecule has 3 nitrogen and oxygen atoms in total. The Morgan fingerprint density at radius 2 is 1.92 bits per heavy atom. The van der Waals surface area contributed by atoms with Gasteiger partial charge < -0.3 is 0 Å². The first-order valence-electron chi connectivity index (χ1n) is 4.77. The summed E-state index contributed by atoms with van der Waals surface area (Å²) in [6.07, 6.45) is 4.15. The monoisotopic (exact) mass is 187 g/mol. The molecular formula is C8H17N3S. The van der Waals surface area contributed by atoms with Crippen LogP contribution in [0.2, 0.25) is 0 Å². The van der Waals surface area contributed by atoms with Crippen LogP contribution in [0.15, 0.2) is 0 Å². The molecule has 12 heavy (non-hydrogen) atoms. The van der Waals surface area contributed by atoms with Crippen LogP contribution in [0.25, 0.3) is 0 Å². The molecule has 2 N–H and O–H groups in total. The van der Waals surface area contributed by atoms with Crippen LogP contribution >= 0.6 is 11.8 Å². The Kier molecular flexibility index (Phi) is 2.91. The highest BCUT2D eigenvalue weighted by molar-refractivity contribution is 8.00. The van der Waals surface area contributed by atoms with Crippen molar-refractivity contribution >= 4 is 11.8 Å². The molecule has 0 aromatic rings. The van der Waals surface area contributed by atoms with Gasteiger partial charge in [0.25, 0.3) is 0 Å². The molecule has 0 aromatic carbocycles. The van der Waals surface area contributed by atoms with Crippen molar-refractivity contribution in [2.45, 2.75) is 37.1 Å². The van der Waals surface area contributed by atoms with E-state index >= 15 is 0 Å². The lowest BCUT2D eigenvalue weighted by Gasteiger charge is -2.30. The van der Waals surface area contributed by atoms with Crippen molar-refractivity contribution in [3.05, 3.63) is 0 Å². The summed E-state index contributed by atoms with van der Waals surface area (Å²) in [5, 5.41) is 0.553. The summed E-state index contributed by atoms with van der Waals surface area (Å²) in [5.74, 6) is 0. The highest BCUT2D eigenvalue weighted by atomic mass is 32.2. The largest absolute Gasteiger partial charge is 0.278 e. The van der Waals surface area contributed by atoms with E-state index in [-0.39, 0.29) is 0 Å². The number of rotatable bonds is 1. The van der Waals surface area contributed by atoms with E-state index in [9.17, 15) is 0 Å². The average Bonchev–Trinajstić information content (AvgIpc) is 2.54. The molecular weight excluding hydrogens is 170 g/mol. The molecule has 2 aliphatic rings. The molecule has 0 aromatic heterocycles. The molecule has 2 aliphatic heterocycles. The highest BCUT2D eigenvalue weighted by Gasteiger charge is 2.27. The first kappa shape index (κ1) is 8.81. The highest BCUT2D eigenvalue weighted by Crippen LogP contribution is 2.24. The molecule has 4 heteroatoms. The fourth-order valence-electron chi connectivity index (χ4n) is 1.78. The van der Waals surface area contributed by atoms with Crippen molar-refractivity contribution in [3.63, 3.8) is 0 Å². The number of thioether (sulfide) groups is 1. The Morgan fingerprint density at radius 1 is 1.17 bits per heavy atom. The number of likely N-dealkylation sites (tertiary alicyclic amines) is 1. The summed E-state index contributed by atoms with van der Waals surface area (Å²) in [6, 6.07) is 0. The maximum Gasteiger partial charge on any atom is 0.122 e. The summed E-state index contributed by atoms with van der Waals surface area (Å²) >= 11 is 1.98. The predicted molar refractivity (Wildman–Crippen MR) is 52.5 cm³/mol. The third-order valence-corrected chi connectivity index (χ3v) is 3.67. The first-order valence-corrected chi connectivity index (χ1v) is 5.71. The third kappa shape index (κ3) is 1.93. The zero-order valence-corrected chi connectivity index (χ0v) is 8.36. The van der Waals surface area contributed by atoms with E-state index in [1.54, 1.807) is 0 Å². The van der Waals surface area contributed by atoms with Crippen LogP contribution in [0.4, 0.5) is 0 Å². The fourth-order valence-corrected chi connectivity index (χ4v) is 2.82. The standard InChI is InChI=1S/C8H17N3S/c1-7-9-10-8(12-7)11-5-3-2-4-6-11/h7-10H,2-6H2,1H3. The summed E-state index contributed by atoms with van der Waals surface area (Å²) in [6.45, 7) is 4.72. The summed E-state index contributed by atoms with van der Waals surface area (Å²) in [5.41, 5.74) is 7.07. The van der Waals surface area contributed by atoms with Crippen LogP contribution in [-0.2, 0) is 0 Å². The zero-order chi connectivity index (χ0) is 8.39. The smallest absolute Gasteiger partial charge is 0.122 e. The van der Waals surface area contributed by atoms with Crippen molar-refractivity contribution < 1.29 is 0 Å². The van der Waals surface area contributed by atoms with Gasteiger partial charge in [-0.25, -0.2) is 10.9 Å². The van der Waals surface area contributed by atoms with Gasteiger partial charge in [0.1, 0.15) is 5.50 Å². The van der Waals surface area contributed by atoms with Gasteiger partial charge in [0.2, 0.25) is 0 Å². The molecule has 2 rings (SSSR count). The van der Waals surface area contributed by atoms with E-state index in [1.807, 2.05) is 11.8 Å². The molecule has 2 saturated heterocycles. The lowest BCUT2D eigenvalue weighted by Crippen LogP contribution is -2.45. The van der Waals surface area contributed by atoms with E-state index in [0.29, 0.717) is 10.9 Å². The van der Waals surface area contributed by atoms with Crippen molar-refractivity contribution in [1.82, 2.24) is 15.8 Å². The number of nitrogens with one attached hydrogen (secondary N) is 2. The van der Waals surface area contributed by atoms with Gasteiger partial charge in [-0.05, 0) is 19.8 Å². The minimum Gasteiger partial charge on any atom is -0.278 e. The van der Waals surface area contributed by atoms with Gasteiger partial charge in [-0.15, -0.1) is 11.8 Å². The Bertz CT molecular complexity index is 144. The molecule has 2 unspecified atom stereocenters. The maximum atomic E-state index is 3.31. The lowest BCUT2D eigenvalue weighted by atomic mass is 10.1. The second-order valence-corrected chi connectivity index (χ2v) is 4.94. The van der Waals surface area contributed by atoms with Crippen LogP contribution in [0.5, 0.6) is 0 Å². The topological polar surface area (TPSA) is 27.3 Å². The number of hydrogen-bond donors (Lipinski definition) is 2. The van der Waals surface area contributed by atoms with Gasteiger partial charge in [-0.1, -0.05) is 6.42 Å². The van der Waals surface area contributed by atoms with Crippen molar-refractivity contribution in [3.8, 4) is 0 Å². The van der Waals surface area contributed by atoms with Gasteiger partial charge in [-0.2, -0.15) is 0 Å². The van der Waals surface area contributed by atoms with Crippen LogP contribution in [0, 0.1) is 0 Å². The van der Waals surface area contributed by atoms with Crippen molar-refractivity contribution in [2.24, 2.45) is 0 Å². The van der Waals surface area contributed by atoms with Crippen LogP contribution in [0.3, 0.4) is 0 Å². The molecule has 0 amide bonds. The van der Waals surface area contributed by atoms with Gasteiger partial charge in [0, 0.05) is 13.1 Å². The van der Waals surface area contributed by atoms with Crippen LogP contribution in [0.1, 0.15) is 26.2 Å². The summed E-state index contributed by atoms with van der Waals surface area (Å²) < 4.78 is 0. The van der Waals surface area contributed by atoms with Gasteiger partial charge in [0.15, 0.2) is 0 Å². The minimum absolute atomic E-state index is 0.514. The van der Waals surface area contributed by atoms with Crippen molar-refractivity contribution in [2.75, 3.05) is 13.1 Å². The lowest BCUT2D eigenvalue weighted by molar-refractivity contribution is 0.188. The summed E-state index contributed by atoms with van der Waals surface area (Å²) in [7, 11) is 0. The normalized spacial score (nSPS) is 38.8. The average molecular weight is 187 g/mol. The molecule has 0 bridgehead atoms. The SMILES string of the molecule is CC1NNC(N2CCCCC2)S1. The number of nitrogens with zero attached hydrogens (tertiary/aromatic N) is 1. The molecule has 2 atom stereocenters. The van der Waals surface area contributed by atoms with E-state index in [0.717, 1.165) is 0 Å². The zero-order valence-electron chi connectivity index (χ0n) is 7.55.